The Balaban J connectivity index is 2.92. The molecule has 1 nitrogen and oxygen atoms in total. The van der Waals surface area contributed by atoms with Crippen molar-refractivity contribution in [2.24, 2.45) is 0 Å². The maximum absolute atomic E-state index is 6.29. The van der Waals surface area contributed by atoms with Gasteiger partial charge in [-0.2, -0.15) is 0 Å². The first-order valence-electron chi connectivity index (χ1n) is 6.48. The fourth-order valence-electron chi connectivity index (χ4n) is 2.23. The lowest BCUT2D eigenvalue weighted by Crippen LogP contribution is -2.50. The van der Waals surface area contributed by atoms with Gasteiger partial charge in [0.25, 0.3) is 0 Å². The van der Waals surface area contributed by atoms with E-state index in [4.69, 9.17) is 4.43 Å². The van der Waals surface area contributed by atoms with Crippen molar-refractivity contribution in [1.82, 2.24) is 0 Å². The predicted octanol–water partition coefficient (Wildman–Crippen LogP) is 3.70. The number of hydrogen-bond donors (Lipinski definition) is 0. The highest BCUT2D eigenvalue weighted by molar-refractivity contribution is 6.86. The summed E-state index contributed by atoms with van der Waals surface area (Å²) in [4.78, 5) is 0. The Bertz CT molecular complexity index is 286. The van der Waals surface area contributed by atoms with E-state index < -0.39 is 8.32 Å². The summed E-state index contributed by atoms with van der Waals surface area (Å²) in [5, 5.41) is 1.47. The van der Waals surface area contributed by atoms with Crippen molar-refractivity contribution in [1.29, 1.82) is 0 Å². The third-order valence-corrected chi connectivity index (χ3v) is 7.70. The van der Waals surface area contributed by atoms with Crippen molar-refractivity contribution >= 4 is 13.5 Å². The third kappa shape index (κ3) is 3.19. The number of rotatable bonds is 7. The van der Waals surface area contributed by atoms with Gasteiger partial charge in [0, 0.05) is 6.61 Å². The highest BCUT2D eigenvalue weighted by Gasteiger charge is 2.33. The first-order chi connectivity index (χ1) is 7.79. The summed E-state index contributed by atoms with van der Waals surface area (Å²) in [6.07, 6.45) is 2.34. The first kappa shape index (κ1) is 13.5. The van der Waals surface area contributed by atoms with Crippen molar-refractivity contribution in [3.8, 4) is 0 Å². The summed E-state index contributed by atoms with van der Waals surface area (Å²) in [7, 11) is -1.67. The molecule has 1 atom stereocenters. The van der Waals surface area contributed by atoms with Gasteiger partial charge in [-0.15, -0.1) is 0 Å². The molecule has 0 heterocycles. The Morgan fingerprint density at radius 2 is 1.69 bits per heavy atom. The normalized spacial score (nSPS) is 14.7. The zero-order valence-electron chi connectivity index (χ0n) is 10.8. The number of hydrogen-bond acceptors (Lipinski definition) is 1. The van der Waals surface area contributed by atoms with Crippen LogP contribution in [0.4, 0.5) is 0 Å². The van der Waals surface area contributed by atoms with Gasteiger partial charge in [0.05, 0.1) is 0 Å². The van der Waals surface area contributed by atoms with Crippen LogP contribution in [0.3, 0.4) is 0 Å². The Morgan fingerprint density at radius 3 is 2.19 bits per heavy atom. The molecule has 0 saturated carbocycles. The maximum atomic E-state index is 6.29. The van der Waals surface area contributed by atoms with E-state index in [-0.39, 0.29) is 0 Å². The minimum atomic E-state index is -1.67. The molecule has 0 aromatic heterocycles. The second-order valence-corrected chi connectivity index (χ2v) is 8.37. The van der Waals surface area contributed by atoms with Gasteiger partial charge < -0.3 is 4.43 Å². The smallest absolute Gasteiger partial charge is 0.223 e. The predicted molar refractivity (Wildman–Crippen MR) is 73.7 cm³/mol. The van der Waals surface area contributed by atoms with Gasteiger partial charge in [0.2, 0.25) is 8.32 Å². The molecule has 0 amide bonds. The van der Waals surface area contributed by atoms with Gasteiger partial charge in [-0.05, 0) is 23.7 Å². The molecule has 0 aliphatic heterocycles. The van der Waals surface area contributed by atoms with Crippen LogP contribution in [0, 0.1) is 0 Å². The van der Waals surface area contributed by atoms with Crippen molar-refractivity contribution in [3.05, 3.63) is 30.3 Å². The van der Waals surface area contributed by atoms with E-state index in [0.29, 0.717) is 0 Å². The van der Waals surface area contributed by atoms with Gasteiger partial charge in [-0.3, -0.25) is 0 Å². The topological polar surface area (TPSA) is 9.23 Å². The maximum Gasteiger partial charge on any atom is 0.223 e. The number of benzene rings is 1. The molecule has 1 unspecified atom stereocenters. The molecule has 2 heteroatoms. The SMILES string of the molecule is CCCO[Si](CC)(CCC)c1ccccc1. The van der Waals surface area contributed by atoms with Gasteiger partial charge in [0.15, 0.2) is 0 Å². The van der Waals surface area contributed by atoms with Crippen LogP contribution in [0.15, 0.2) is 30.3 Å². The highest BCUT2D eigenvalue weighted by Crippen LogP contribution is 2.19. The fourth-order valence-corrected chi connectivity index (χ4v) is 5.99. The van der Waals surface area contributed by atoms with E-state index in [1.54, 1.807) is 0 Å². The summed E-state index contributed by atoms with van der Waals surface area (Å²) in [6, 6.07) is 13.3. The lowest BCUT2D eigenvalue weighted by atomic mass is 10.4. The van der Waals surface area contributed by atoms with E-state index in [0.717, 1.165) is 13.0 Å². The van der Waals surface area contributed by atoms with Crippen LogP contribution in [-0.4, -0.2) is 14.9 Å². The Kier molecular flexibility index (Phi) is 5.78. The van der Waals surface area contributed by atoms with Gasteiger partial charge >= 0.3 is 0 Å². The molecule has 0 fully saturated rings. The summed E-state index contributed by atoms with van der Waals surface area (Å²) in [6.45, 7) is 7.64. The van der Waals surface area contributed by atoms with Gasteiger partial charge in [0.1, 0.15) is 0 Å². The van der Waals surface area contributed by atoms with E-state index in [9.17, 15) is 0 Å². The monoisotopic (exact) mass is 236 g/mol. The van der Waals surface area contributed by atoms with Crippen LogP contribution >= 0.6 is 0 Å². The average Bonchev–Trinajstić information content (AvgIpc) is 2.36. The first-order valence-corrected chi connectivity index (χ1v) is 8.80. The van der Waals surface area contributed by atoms with Crippen LogP contribution in [0.5, 0.6) is 0 Å². The highest BCUT2D eigenvalue weighted by atomic mass is 28.4. The summed E-state index contributed by atoms with van der Waals surface area (Å²) < 4.78 is 6.29. The molecule has 0 saturated heterocycles. The second-order valence-electron chi connectivity index (χ2n) is 4.31. The Hall–Kier alpha value is -0.603. The fraction of sp³-hybridized carbons (Fsp3) is 0.571. The van der Waals surface area contributed by atoms with Crippen LogP contribution in [-0.2, 0) is 4.43 Å². The van der Waals surface area contributed by atoms with E-state index >= 15 is 0 Å². The quantitative estimate of drug-likeness (QED) is 0.656. The molecule has 0 aliphatic carbocycles. The molecule has 0 bridgehead atoms. The molecular formula is C14H24OSi. The Morgan fingerprint density at radius 1 is 1.00 bits per heavy atom. The minimum Gasteiger partial charge on any atom is -0.412 e. The lowest BCUT2D eigenvalue weighted by molar-refractivity contribution is 0.306. The average molecular weight is 236 g/mol. The van der Waals surface area contributed by atoms with Crippen LogP contribution in [0.1, 0.15) is 33.6 Å². The van der Waals surface area contributed by atoms with Crippen LogP contribution < -0.4 is 5.19 Å². The molecule has 1 aromatic carbocycles. The van der Waals surface area contributed by atoms with E-state index in [1.807, 2.05) is 0 Å². The van der Waals surface area contributed by atoms with Crippen molar-refractivity contribution < 1.29 is 4.43 Å². The second kappa shape index (κ2) is 6.87. The zero-order valence-corrected chi connectivity index (χ0v) is 11.8. The van der Waals surface area contributed by atoms with E-state index in [2.05, 4.69) is 51.1 Å². The van der Waals surface area contributed by atoms with Crippen molar-refractivity contribution in [2.75, 3.05) is 6.61 Å². The van der Waals surface area contributed by atoms with Crippen molar-refractivity contribution in [3.63, 3.8) is 0 Å². The molecule has 90 valence electrons. The molecule has 0 aliphatic rings. The molecule has 16 heavy (non-hydrogen) atoms. The summed E-state index contributed by atoms with van der Waals surface area (Å²) in [5.41, 5.74) is 0. The largest absolute Gasteiger partial charge is 0.412 e. The van der Waals surface area contributed by atoms with Crippen LogP contribution in [0.25, 0.3) is 0 Å². The Labute approximate surface area is 101 Å². The minimum absolute atomic E-state index is 0.912. The molecule has 1 rings (SSSR count). The molecular weight excluding hydrogens is 212 g/mol. The standard InChI is InChI=1S/C14H24OSi/c1-4-12-15-16(6-3,13-5-2)14-10-8-7-9-11-14/h7-11H,4-6,12-13H2,1-3H3. The van der Waals surface area contributed by atoms with Crippen molar-refractivity contribution in [2.45, 2.75) is 45.7 Å². The molecule has 0 N–H and O–H groups in total. The van der Waals surface area contributed by atoms with Crippen LogP contribution in [0.2, 0.25) is 12.1 Å². The van der Waals surface area contributed by atoms with E-state index in [1.165, 1.54) is 23.7 Å². The molecule has 0 spiro atoms. The molecule has 0 radical (unpaired) electrons. The third-order valence-electron chi connectivity index (χ3n) is 3.11. The molecule has 1 aromatic rings. The lowest BCUT2D eigenvalue weighted by Gasteiger charge is -2.30. The van der Waals surface area contributed by atoms with Gasteiger partial charge in [-0.1, -0.05) is 57.5 Å². The zero-order chi connectivity index (χ0) is 11.9. The summed E-state index contributed by atoms with van der Waals surface area (Å²) in [5.74, 6) is 0. The summed E-state index contributed by atoms with van der Waals surface area (Å²) >= 11 is 0. The van der Waals surface area contributed by atoms with Gasteiger partial charge in [-0.25, -0.2) is 0 Å².